The number of β-lactam (4-membered cyclic amide) rings is 1. The molecule has 4 N–H and O–H groups in total. The summed E-state index contributed by atoms with van der Waals surface area (Å²) in [5.41, 5.74) is 0.0451. The number of carbonyl (C=O) groups excluding carboxylic acids is 2. The van der Waals surface area contributed by atoms with Gasteiger partial charge in [0.05, 0.1) is 24.1 Å². The summed E-state index contributed by atoms with van der Waals surface area (Å²) in [5, 5.41) is 26.5. The Bertz CT molecular complexity index is 818. The summed E-state index contributed by atoms with van der Waals surface area (Å²) in [4.78, 5) is 41.5. The second kappa shape index (κ2) is 8.38. The quantitative estimate of drug-likeness (QED) is 0.424. The number of nitrogens with zero attached hydrogens (tertiary/aromatic N) is 2. The number of piperazine rings is 1. The summed E-state index contributed by atoms with van der Waals surface area (Å²) in [6.45, 7) is 9.68. The van der Waals surface area contributed by atoms with Gasteiger partial charge < -0.3 is 30.6 Å². The van der Waals surface area contributed by atoms with Gasteiger partial charge in [0, 0.05) is 47.8 Å². The van der Waals surface area contributed by atoms with Gasteiger partial charge in [-0.1, -0.05) is 6.92 Å². The number of carbonyl (C=O) groups is 3. The number of aliphatic carboxylic acids is 1. The lowest BCUT2D eigenvalue weighted by Crippen LogP contribution is -2.63. The van der Waals surface area contributed by atoms with Crippen LogP contribution in [0.2, 0.25) is 0 Å². The van der Waals surface area contributed by atoms with Crippen molar-refractivity contribution in [1.29, 1.82) is 0 Å². The molecule has 9 nitrogen and oxygen atoms in total. The molecular weight excluding hydrogens is 420 g/mol. The molecule has 8 atom stereocenters. The predicted molar refractivity (Wildman–Crippen MR) is 116 cm³/mol. The summed E-state index contributed by atoms with van der Waals surface area (Å²) in [6.07, 6.45) is -0.190. The Hall–Kier alpha value is -1.62. The molecule has 0 unspecified atom stereocenters. The minimum Gasteiger partial charge on any atom is -0.477 e. The van der Waals surface area contributed by atoms with Crippen LogP contribution in [0, 0.1) is 11.8 Å². The number of aliphatic hydroxyl groups excluding tert-OH is 1. The van der Waals surface area contributed by atoms with E-state index < -0.39 is 18.0 Å². The van der Waals surface area contributed by atoms with E-state index in [-0.39, 0.29) is 52.8 Å². The smallest absolute Gasteiger partial charge is 0.353 e. The van der Waals surface area contributed by atoms with Crippen LogP contribution < -0.4 is 10.6 Å². The molecule has 0 spiro atoms. The normalized spacial score (nSPS) is 38.9. The van der Waals surface area contributed by atoms with Crippen LogP contribution in [0.4, 0.5) is 0 Å². The maximum absolute atomic E-state index is 13.1. The molecule has 0 saturated carbocycles. The van der Waals surface area contributed by atoms with Crippen LogP contribution >= 0.6 is 11.8 Å². The van der Waals surface area contributed by atoms with E-state index >= 15 is 0 Å². The van der Waals surface area contributed by atoms with Crippen LogP contribution in [-0.4, -0.2) is 93.0 Å². The highest BCUT2D eigenvalue weighted by atomic mass is 32.2. The number of amides is 2. The molecule has 10 heteroatoms. The van der Waals surface area contributed by atoms with Gasteiger partial charge in [-0.05, 0) is 27.2 Å². The van der Waals surface area contributed by atoms with Crippen molar-refractivity contribution in [3.63, 3.8) is 0 Å². The van der Waals surface area contributed by atoms with Gasteiger partial charge in [0.2, 0.25) is 11.8 Å². The van der Waals surface area contributed by atoms with Crippen LogP contribution in [0.15, 0.2) is 10.6 Å². The third kappa shape index (κ3) is 3.77. The van der Waals surface area contributed by atoms with Crippen LogP contribution in [0.1, 0.15) is 34.1 Å². The number of nitrogens with one attached hydrogen (secondary N) is 2. The van der Waals surface area contributed by atoms with Crippen LogP contribution in [0.25, 0.3) is 0 Å². The average Bonchev–Trinajstić information content (AvgIpc) is 3.25. The van der Waals surface area contributed by atoms with Crippen molar-refractivity contribution in [1.82, 2.24) is 20.4 Å². The number of fused-ring (bicyclic) bond motifs is 1. The molecule has 4 heterocycles. The van der Waals surface area contributed by atoms with Crippen molar-refractivity contribution >= 4 is 29.5 Å². The molecule has 0 radical (unpaired) electrons. The molecule has 31 heavy (non-hydrogen) atoms. The van der Waals surface area contributed by atoms with E-state index in [0.717, 1.165) is 6.54 Å². The van der Waals surface area contributed by atoms with Gasteiger partial charge in [0.25, 0.3) is 0 Å². The molecule has 0 aromatic rings. The second-order valence-corrected chi connectivity index (χ2v) is 10.7. The standard InChI is InChI=1S/C21H32N4O5S/c1-9-8-24(10(2)6-22-9)19(27)14-5-13(7-23-14)31-18-11(3)16-15(12(4)26)20(28)25(16)17(18)21(29)30/h9-16,22-23,26H,5-8H2,1-4H3,(H,29,30)/t9-,10+,11+,12+,13-,14-,15+,16+/m0/s1. The number of hydrogen-bond acceptors (Lipinski definition) is 7. The second-order valence-electron chi connectivity index (χ2n) is 9.36. The topological polar surface area (TPSA) is 122 Å². The number of carboxylic acid groups (broad SMARTS) is 1. The number of thioether (sulfide) groups is 1. The zero-order chi connectivity index (χ0) is 22.6. The van der Waals surface area contributed by atoms with Gasteiger partial charge in [-0.2, -0.15) is 0 Å². The Morgan fingerprint density at radius 1 is 1.19 bits per heavy atom. The van der Waals surface area contributed by atoms with E-state index in [1.807, 2.05) is 18.7 Å². The number of rotatable bonds is 5. The van der Waals surface area contributed by atoms with Crippen LogP contribution in [-0.2, 0) is 14.4 Å². The molecule has 2 amide bonds. The van der Waals surface area contributed by atoms with E-state index in [9.17, 15) is 24.6 Å². The van der Waals surface area contributed by atoms with Gasteiger partial charge >= 0.3 is 5.97 Å². The molecule has 3 saturated heterocycles. The average molecular weight is 453 g/mol. The van der Waals surface area contributed by atoms with Gasteiger partial charge in [0.1, 0.15) is 5.70 Å². The predicted octanol–water partition coefficient (Wildman–Crippen LogP) is -0.187. The lowest BCUT2D eigenvalue weighted by atomic mass is 9.79. The highest BCUT2D eigenvalue weighted by molar-refractivity contribution is 8.03. The van der Waals surface area contributed by atoms with Gasteiger partial charge in [0.15, 0.2) is 0 Å². The maximum Gasteiger partial charge on any atom is 0.353 e. The van der Waals surface area contributed by atoms with Crippen LogP contribution in [0.5, 0.6) is 0 Å². The SMILES string of the molecule is C[C@@H]1CN[C@@H](C)CN1C(=O)[C@@H]1C[C@H](SC2=C(C(=O)O)N3C(=O)[C@H]([C@@H](C)O)[C@H]3[C@H]2C)CN1. The molecular formula is C21H32N4O5S. The monoisotopic (exact) mass is 452 g/mol. The van der Waals surface area contributed by atoms with E-state index in [4.69, 9.17) is 0 Å². The Morgan fingerprint density at radius 2 is 1.90 bits per heavy atom. The Balaban J connectivity index is 1.45. The van der Waals surface area contributed by atoms with Gasteiger partial charge in [-0.3, -0.25) is 9.59 Å². The van der Waals surface area contributed by atoms with Crippen molar-refractivity contribution in [3.05, 3.63) is 10.6 Å². The van der Waals surface area contributed by atoms with Gasteiger partial charge in [-0.25, -0.2) is 4.79 Å². The van der Waals surface area contributed by atoms with E-state index in [1.54, 1.807) is 6.92 Å². The third-order valence-corrected chi connectivity index (χ3v) is 8.55. The van der Waals surface area contributed by atoms with E-state index in [2.05, 4.69) is 17.6 Å². The number of hydrogen-bond donors (Lipinski definition) is 4. The first-order valence-electron chi connectivity index (χ1n) is 11.0. The summed E-state index contributed by atoms with van der Waals surface area (Å²) in [5.74, 6) is -2.05. The van der Waals surface area contributed by atoms with Crippen LogP contribution in [0.3, 0.4) is 0 Å². The highest BCUT2D eigenvalue weighted by Gasteiger charge is 2.60. The molecule has 4 aliphatic rings. The lowest BCUT2D eigenvalue weighted by Gasteiger charge is -2.46. The lowest BCUT2D eigenvalue weighted by molar-refractivity contribution is -0.163. The van der Waals surface area contributed by atoms with Crippen molar-refractivity contribution in [2.24, 2.45) is 11.8 Å². The summed E-state index contributed by atoms with van der Waals surface area (Å²) >= 11 is 1.47. The van der Waals surface area contributed by atoms with Crippen molar-refractivity contribution < 1.29 is 24.6 Å². The number of aliphatic hydroxyl groups is 1. The molecule has 4 rings (SSSR count). The van der Waals surface area contributed by atoms with E-state index in [1.165, 1.54) is 16.7 Å². The molecule has 0 aromatic heterocycles. The summed E-state index contributed by atoms with van der Waals surface area (Å²) in [6, 6.07) is -0.186. The highest BCUT2D eigenvalue weighted by Crippen LogP contribution is 2.51. The fraction of sp³-hybridized carbons (Fsp3) is 0.762. The van der Waals surface area contributed by atoms with Gasteiger partial charge in [-0.15, -0.1) is 11.8 Å². The Labute approximate surface area is 186 Å². The zero-order valence-electron chi connectivity index (χ0n) is 18.4. The fourth-order valence-electron chi connectivity index (χ4n) is 5.37. The minimum atomic E-state index is -1.11. The minimum absolute atomic E-state index is 0.0451. The molecule has 172 valence electrons. The largest absolute Gasteiger partial charge is 0.477 e. The third-order valence-electron chi connectivity index (χ3n) is 7.04. The first kappa shape index (κ1) is 22.6. The first-order valence-corrected chi connectivity index (χ1v) is 11.9. The first-order chi connectivity index (χ1) is 14.6. The molecule has 4 aliphatic heterocycles. The molecule has 3 fully saturated rings. The Morgan fingerprint density at radius 3 is 2.55 bits per heavy atom. The fourth-order valence-corrected chi connectivity index (χ4v) is 6.85. The van der Waals surface area contributed by atoms with Crippen molar-refractivity contribution in [3.8, 4) is 0 Å². The molecule has 0 bridgehead atoms. The van der Waals surface area contributed by atoms with Crippen molar-refractivity contribution in [2.45, 2.75) is 69.6 Å². The van der Waals surface area contributed by atoms with E-state index in [0.29, 0.717) is 24.4 Å². The maximum atomic E-state index is 13.1. The van der Waals surface area contributed by atoms with Crippen molar-refractivity contribution in [2.75, 3.05) is 19.6 Å². The Kier molecular flexibility index (Phi) is 6.10. The summed E-state index contributed by atoms with van der Waals surface area (Å²) < 4.78 is 0. The number of carboxylic acids is 1. The summed E-state index contributed by atoms with van der Waals surface area (Å²) in [7, 11) is 0. The molecule has 0 aliphatic carbocycles. The zero-order valence-corrected chi connectivity index (χ0v) is 19.2. The molecule has 0 aromatic carbocycles.